The molecule has 14 nitrogen and oxygen atoms in total. The standard InChI is InChI=1S/C48H65N7O7/c1-6-8-10-33(7-2)13-12-31(3)35-15-17-36(18-16-35)46(58)54-41(11-9-22-49)48(60)55(5)44-37-19-21-43(62-26-24-51)40(29-37)39-28-34(14-20-42(39)61-25-23-50)27-38(30-56)53-45(57)32(4)52-47(44)59/h7,12-21,28-29,32,38,41,44,56H,2,6,8-11,22-27,30,49-51H2,1,3-5H3,(H,52,59)(H,53,57)(H,54,58)/b31-12+,33-13+/t32-,38-,41-,44-/m0/s1. The van der Waals surface area contributed by atoms with Crippen molar-refractivity contribution in [1.29, 1.82) is 0 Å². The normalized spacial score (nSPS) is 17.5. The molecule has 4 amide bonds. The molecule has 3 aromatic carbocycles. The van der Waals surface area contributed by atoms with Gasteiger partial charge in [0.2, 0.25) is 17.7 Å². The predicted molar refractivity (Wildman–Crippen MR) is 244 cm³/mol. The van der Waals surface area contributed by atoms with Gasteiger partial charge in [0.25, 0.3) is 5.91 Å². The minimum absolute atomic E-state index is 0.193. The van der Waals surface area contributed by atoms with Crippen LogP contribution in [0.1, 0.15) is 86.0 Å². The summed E-state index contributed by atoms with van der Waals surface area (Å²) < 4.78 is 12.2. The van der Waals surface area contributed by atoms with Gasteiger partial charge in [-0.3, -0.25) is 19.2 Å². The number of fused-ring (bicyclic) bond motifs is 5. The van der Waals surface area contributed by atoms with Crippen molar-refractivity contribution in [2.45, 2.75) is 83.5 Å². The molecule has 0 unspecified atom stereocenters. The average Bonchev–Trinajstić information content (AvgIpc) is 3.28. The number of carbonyl (C=O) groups excluding carboxylic acids is 4. The molecule has 10 N–H and O–H groups in total. The van der Waals surface area contributed by atoms with Crippen LogP contribution in [0.25, 0.3) is 16.7 Å². The van der Waals surface area contributed by atoms with E-state index in [9.17, 15) is 24.3 Å². The second-order valence-electron chi connectivity index (χ2n) is 15.5. The Kier molecular flexibility index (Phi) is 19.4. The predicted octanol–water partition coefficient (Wildman–Crippen LogP) is 4.31. The lowest BCUT2D eigenvalue weighted by Crippen LogP contribution is -2.54. The number of carbonyl (C=O) groups is 4. The summed E-state index contributed by atoms with van der Waals surface area (Å²) >= 11 is 0. The van der Waals surface area contributed by atoms with E-state index in [1.165, 1.54) is 18.9 Å². The van der Waals surface area contributed by atoms with Crippen LogP contribution in [0, 0.1) is 0 Å². The number of nitrogens with zero attached hydrogens (tertiary/aromatic N) is 1. The third kappa shape index (κ3) is 13.3. The van der Waals surface area contributed by atoms with Crippen LogP contribution in [-0.2, 0) is 20.8 Å². The van der Waals surface area contributed by atoms with Gasteiger partial charge in [-0.05, 0) is 117 Å². The molecule has 0 saturated carbocycles. The Morgan fingerprint density at radius 3 is 2.16 bits per heavy atom. The maximum Gasteiger partial charge on any atom is 0.251 e. The maximum absolute atomic E-state index is 14.6. The Morgan fingerprint density at radius 1 is 0.903 bits per heavy atom. The van der Waals surface area contributed by atoms with Gasteiger partial charge < -0.3 is 52.6 Å². The molecule has 0 aliphatic carbocycles. The fourth-order valence-electron chi connectivity index (χ4n) is 7.15. The number of hydrogen-bond donors (Lipinski definition) is 7. The highest BCUT2D eigenvalue weighted by atomic mass is 16.5. The van der Waals surface area contributed by atoms with E-state index in [0.717, 1.165) is 41.5 Å². The Balaban J connectivity index is 1.75. The van der Waals surface area contributed by atoms with E-state index in [2.05, 4.69) is 35.5 Å². The van der Waals surface area contributed by atoms with Crippen LogP contribution in [0.5, 0.6) is 11.5 Å². The van der Waals surface area contributed by atoms with Gasteiger partial charge in [-0.25, -0.2) is 0 Å². The van der Waals surface area contributed by atoms with Crippen LogP contribution in [0.15, 0.2) is 91.0 Å². The molecule has 4 rings (SSSR count). The summed E-state index contributed by atoms with van der Waals surface area (Å²) in [6.45, 7) is 10.4. The molecule has 62 heavy (non-hydrogen) atoms. The molecular formula is C48H65N7O7. The van der Waals surface area contributed by atoms with Gasteiger partial charge in [0.15, 0.2) is 0 Å². The van der Waals surface area contributed by atoms with E-state index >= 15 is 0 Å². The molecule has 1 aliphatic heterocycles. The highest BCUT2D eigenvalue weighted by molar-refractivity contribution is 5.99. The molecule has 0 fully saturated rings. The average molecular weight is 852 g/mol. The number of likely N-dealkylation sites (N-methyl/N-ethyl adjacent to an activating group) is 1. The van der Waals surface area contributed by atoms with Crippen LogP contribution < -0.4 is 42.6 Å². The van der Waals surface area contributed by atoms with E-state index in [1.807, 2.05) is 43.3 Å². The number of allylic oxidation sites excluding steroid dienone is 5. The quantitative estimate of drug-likeness (QED) is 0.0798. The number of benzene rings is 3. The Hall–Kier alpha value is -5.80. The van der Waals surface area contributed by atoms with Gasteiger partial charge in [0.05, 0.1) is 12.6 Å². The molecule has 0 aromatic heterocycles. The first-order valence-electron chi connectivity index (χ1n) is 21.4. The third-order valence-corrected chi connectivity index (χ3v) is 10.7. The summed E-state index contributed by atoms with van der Waals surface area (Å²) in [4.78, 5) is 57.6. The second kappa shape index (κ2) is 24.6. The van der Waals surface area contributed by atoms with Crippen molar-refractivity contribution in [2.24, 2.45) is 17.2 Å². The molecule has 14 heteroatoms. The van der Waals surface area contributed by atoms with E-state index in [-0.39, 0.29) is 52.3 Å². The zero-order valence-electron chi connectivity index (χ0n) is 36.6. The summed E-state index contributed by atoms with van der Waals surface area (Å²) in [5, 5.41) is 18.8. The minimum Gasteiger partial charge on any atom is -0.492 e. The first-order chi connectivity index (χ1) is 29.9. The first kappa shape index (κ1) is 48.9. The molecule has 1 heterocycles. The van der Waals surface area contributed by atoms with Crippen molar-refractivity contribution in [3.8, 4) is 22.6 Å². The third-order valence-electron chi connectivity index (χ3n) is 10.7. The van der Waals surface area contributed by atoms with Crippen molar-refractivity contribution in [2.75, 3.05) is 46.5 Å². The molecule has 0 saturated heterocycles. The van der Waals surface area contributed by atoms with E-state index in [1.54, 1.807) is 36.4 Å². The second-order valence-corrected chi connectivity index (χ2v) is 15.5. The number of amides is 4. The Labute approximate surface area is 366 Å². The fourth-order valence-corrected chi connectivity index (χ4v) is 7.15. The smallest absolute Gasteiger partial charge is 0.251 e. The van der Waals surface area contributed by atoms with Crippen LogP contribution in [0.4, 0.5) is 0 Å². The molecule has 1 aliphatic rings. The van der Waals surface area contributed by atoms with E-state index < -0.39 is 47.8 Å². The van der Waals surface area contributed by atoms with Gasteiger partial charge >= 0.3 is 0 Å². The van der Waals surface area contributed by atoms with Crippen molar-refractivity contribution < 1.29 is 33.8 Å². The molecule has 0 radical (unpaired) electrons. The Morgan fingerprint density at radius 2 is 1.55 bits per heavy atom. The van der Waals surface area contributed by atoms with Crippen molar-refractivity contribution in [3.63, 3.8) is 0 Å². The van der Waals surface area contributed by atoms with Gasteiger partial charge in [-0.2, -0.15) is 0 Å². The maximum atomic E-state index is 14.6. The summed E-state index contributed by atoms with van der Waals surface area (Å²) in [6.07, 6.45) is 9.98. The van der Waals surface area contributed by atoms with Gasteiger partial charge in [0.1, 0.15) is 42.8 Å². The lowest BCUT2D eigenvalue weighted by atomic mass is 9.93. The number of rotatable bonds is 20. The summed E-state index contributed by atoms with van der Waals surface area (Å²) in [5.41, 5.74) is 23.3. The van der Waals surface area contributed by atoms with E-state index in [0.29, 0.717) is 40.2 Å². The lowest BCUT2D eigenvalue weighted by molar-refractivity contribution is -0.141. The molecule has 4 bridgehead atoms. The number of ether oxygens (including phenoxy) is 2. The minimum atomic E-state index is -1.29. The van der Waals surface area contributed by atoms with Gasteiger partial charge in [-0.1, -0.05) is 62.4 Å². The summed E-state index contributed by atoms with van der Waals surface area (Å²) in [5.74, 6) is -1.26. The van der Waals surface area contributed by atoms with Crippen LogP contribution in [0.3, 0.4) is 0 Å². The SMILES string of the molecule is C=C/C(=C\C=C(/C)c1ccc(C(=O)N[C@@H](CCCN)C(=O)N(C)[C@@H]2C(=O)N[C@@H](C)C(=O)N[C@H](CO)Cc3ccc(OCCN)c(c3)-c3cc2ccc3OCCN)cc1)CCCC. The number of hydrogen-bond acceptors (Lipinski definition) is 10. The Bertz CT molecular complexity index is 2070. The highest BCUT2D eigenvalue weighted by Gasteiger charge is 2.35. The number of nitrogens with two attached hydrogens (primary N) is 3. The molecule has 334 valence electrons. The topological polar surface area (TPSA) is 224 Å². The summed E-state index contributed by atoms with van der Waals surface area (Å²) in [6, 6.07) is 13.7. The van der Waals surface area contributed by atoms with Crippen molar-refractivity contribution in [1.82, 2.24) is 20.9 Å². The van der Waals surface area contributed by atoms with Crippen LogP contribution in [0.2, 0.25) is 0 Å². The van der Waals surface area contributed by atoms with Crippen LogP contribution in [-0.4, -0.2) is 98.3 Å². The highest BCUT2D eigenvalue weighted by Crippen LogP contribution is 2.40. The largest absolute Gasteiger partial charge is 0.492 e. The lowest BCUT2D eigenvalue weighted by Gasteiger charge is -2.32. The molecule has 3 aromatic rings. The molecule has 0 spiro atoms. The monoisotopic (exact) mass is 851 g/mol. The zero-order valence-corrected chi connectivity index (χ0v) is 36.6. The molecule has 4 atom stereocenters. The summed E-state index contributed by atoms with van der Waals surface area (Å²) in [7, 11) is 1.48. The van der Waals surface area contributed by atoms with Crippen molar-refractivity contribution >= 4 is 29.2 Å². The number of nitrogens with one attached hydrogen (secondary N) is 3. The number of unbranched alkanes of at least 4 members (excludes halogenated alkanes) is 1. The van der Waals surface area contributed by atoms with Crippen molar-refractivity contribution in [3.05, 3.63) is 113 Å². The molecular weight excluding hydrogens is 787 g/mol. The number of aliphatic hydroxyl groups is 1. The van der Waals surface area contributed by atoms with E-state index in [4.69, 9.17) is 26.7 Å². The first-order valence-corrected chi connectivity index (χ1v) is 21.4. The number of aliphatic hydroxyl groups excluding tert-OH is 1. The fraction of sp³-hybridized carbons (Fsp3) is 0.417. The zero-order chi connectivity index (χ0) is 45.2. The van der Waals surface area contributed by atoms with Gasteiger partial charge in [0, 0.05) is 36.8 Å². The van der Waals surface area contributed by atoms with Gasteiger partial charge in [-0.15, -0.1) is 0 Å². The van der Waals surface area contributed by atoms with Crippen LogP contribution >= 0.6 is 0 Å².